The van der Waals surface area contributed by atoms with E-state index in [9.17, 15) is 18.3 Å². The van der Waals surface area contributed by atoms with E-state index in [1.807, 2.05) is 12.1 Å². The Morgan fingerprint density at radius 2 is 1.85 bits per heavy atom. The molecule has 2 aromatic rings. The monoisotopic (exact) mass is 371 g/mol. The van der Waals surface area contributed by atoms with Crippen molar-refractivity contribution in [2.24, 2.45) is 0 Å². The smallest absolute Gasteiger partial charge is 0.475 e. The Morgan fingerprint density at radius 3 is 2.38 bits per heavy atom. The lowest BCUT2D eigenvalue weighted by atomic mass is 10.0. The summed E-state index contributed by atoms with van der Waals surface area (Å²) >= 11 is 0. The van der Waals surface area contributed by atoms with Gasteiger partial charge < -0.3 is 14.6 Å². The van der Waals surface area contributed by atoms with Crippen LogP contribution in [-0.2, 0) is 17.8 Å². The number of likely N-dealkylation sites (tertiary alicyclic amines) is 1. The van der Waals surface area contributed by atoms with E-state index in [0.29, 0.717) is 0 Å². The number of carbonyl (C=O) groups is 1. The van der Waals surface area contributed by atoms with Crippen LogP contribution >= 0.6 is 0 Å². The minimum Gasteiger partial charge on any atom is -0.475 e. The Bertz CT molecular complexity index is 673. The van der Waals surface area contributed by atoms with Gasteiger partial charge >= 0.3 is 12.1 Å². The van der Waals surface area contributed by atoms with Crippen molar-refractivity contribution in [1.82, 2.24) is 4.90 Å². The van der Waals surface area contributed by atoms with E-state index in [0.717, 1.165) is 25.9 Å². The van der Waals surface area contributed by atoms with Crippen molar-refractivity contribution < 1.29 is 32.6 Å². The number of furan rings is 1. The summed E-state index contributed by atoms with van der Waals surface area (Å²) in [5.74, 6) is -2.76. The Morgan fingerprint density at radius 1 is 1.19 bits per heavy atom. The number of benzene rings is 1. The van der Waals surface area contributed by atoms with Crippen LogP contribution < -0.4 is 0 Å². The van der Waals surface area contributed by atoms with Crippen LogP contribution in [0.2, 0.25) is 0 Å². The minimum absolute atomic E-state index is 0.206. The maximum absolute atomic E-state index is 10.6. The van der Waals surface area contributed by atoms with Gasteiger partial charge in [-0.1, -0.05) is 30.3 Å². The predicted molar refractivity (Wildman–Crippen MR) is 87.4 cm³/mol. The van der Waals surface area contributed by atoms with E-state index in [4.69, 9.17) is 14.3 Å². The zero-order valence-electron chi connectivity index (χ0n) is 13.9. The normalized spacial score (nSPS) is 20.5. The number of rotatable bonds is 4. The molecule has 1 aliphatic heterocycles. The largest absolute Gasteiger partial charge is 0.490 e. The molecule has 142 valence electrons. The van der Waals surface area contributed by atoms with Crippen molar-refractivity contribution >= 4 is 5.97 Å². The third-order valence-corrected chi connectivity index (χ3v) is 4.12. The molecule has 2 N–H and O–H groups in total. The van der Waals surface area contributed by atoms with Crippen LogP contribution in [0.3, 0.4) is 0 Å². The van der Waals surface area contributed by atoms with Crippen LogP contribution in [0.5, 0.6) is 0 Å². The quantitative estimate of drug-likeness (QED) is 0.864. The Balaban J connectivity index is 0.000000298. The van der Waals surface area contributed by atoms with E-state index in [2.05, 4.69) is 29.2 Å². The molecule has 0 aliphatic carbocycles. The van der Waals surface area contributed by atoms with Crippen molar-refractivity contribution in [3.8, 4) is 0 Å². The highest BCUT2D eigenvalue weighted by Gasteiger charge is 2.38. The molecular formula is C18H20F3NO4. The molecular weight excluding hydrogens is 351 g/mol. The third kappa shape index (κ3) is 5.89. The molecule has 2 heterocycles. The summed E-state index contributed by atoms with van der Waals surface area (Å²) in [6.45, 7) is 1.80. The second kappa shape index (κ2) is 8.86. The van der Waals surface area contributed by atoms with Gasteiger partial charge in [0.05, 0.1) is 18.6 Å². The summed E-state index contributed by atoms with van der Waals surface area (Å²) in [7, 11) is 0. The van der Waals surface area contributed by atoms with Crippen molar-refractivity contribution in [1.29, 1.82) is 0 Å². The molecule has 5 nitrogen and oxygen atoms in total. The number of aliphatic hydroxyl groups excluding tert-OH is 1. The first kappa shape index (κ1) is 20.0. The van der Waals surface area contributed by atoms with E-state index in [1.54, 1.807) is 12.5 Å². The first-order chi connectivity index (χ1) is 12.3. The lowest BCUT2D eigenvalue weighted by Gasteiger charge is -2.25. The van der Waals surface area contributed by atoms with Gasteiger partial charge in [0.25, 0.3) is 0 Å². The average Bonchev–Trinajstić information content (AvgIpc) is 3.21. The summed E-state index contributed by atoms with van der Waals surface area (Å²) in [6, 6.07) is 12.6. The molecule has 1 saturated heterocycles. The molecule has 3 rings (SSSR count). The molecule has 8 heteroatoms. The number of aliphatic carboxylic acids is 1. The summed E-state index contributed by atoms with van der Waals surface area (Å²) in [6.07, 6.45) is -0.0693. The van der Waals surface area contributed by atoms with Crippen LogP contribution in [0, 0.1) is 0 Å². The van der Waals surface area contributed by atoms with Gasteiger partial charge in [0.2, 0.25) is 0 Å². The molecule has 0 radical (unpaired) electrons. The first-order valence-electron chi connectivity index (χ1n) is 8.04. The average molecular weight is 371 g/mol. The van der Waals surface area contributed by atoms with Gasteiger partial charge in [0.15, 0.2) is 0 Å². The van der Waals surface area contributed by atoms with Gasteiger partial charge in [-0.05, 0) is 24.5 Å². The molecule has 0 spiro atoms. The number of hydrogen-bond donors (Lipinski definition) is 2. The van der Waals surface area contributed by atoms with Crippen LogP contribution in [-0.4, -0.2) is 45.9 Å². The topological polar surface area (TPSA) is 73.9 Å². The number of aliphatic hydroxyl groups is 1. The van der Waals surface area contributed by atoms with Crippen LogP contribution in [0.1, 0.15) is 17.5 Å². The molecule has 1 aromatic carbocycles. The maximum atomic E-state index is 10.6. The van der Waals surface area contributed by atoms with Crippen molar-refractivity contribution in [3.63, 3.8) is 0 Å². The minimum atomic E-state index is -5.08. The SMILES string of the molecule is O=C(O)C(F)(F)F.O[C@H]1CCN(Cc2ccoc2)[C@H]1Cc1ccccc1. The van der Waals surface area contributed by atoms with Gasteiger partial charge in [-0.3, -0.25) is 4.90 Å². The van der Waals surface area contributed by atoms with Gasteiger partial charge in [0, 0.05) is 24.7 Å². The van der Waals surface area contributed by atoms with E-state index in [-0.39, 0.29) is 12.1 Å². The van der Waals surface area contributed by atoms with Gasteiger partial charge in [-0.15, -0.1) is 0 Å². The fraction of sp³-hybridized carbons (Fsp3) is 0.389. The number of carboxylic acids is 1. The molecule has 1 fully saturated rings. The first-order valence-corrected chi connectivity index (χ1v) is 8.04. The summed E-state index contributed by atoms with van der Waals surface area (Å²) in [4.78, 5) is 11.2. The molecule has 0 saturated carbocycles. The number of halogens is 3. The van der Waals surface area contributed by atoms with Crippen molar-refractivity contribution in [2.45, 2.75) is 37.7 Å². The second-order valence-electron chi connectivity index (χ2n) is 6.02. The zero-order chi connectivity index (χ0) is 19.2. The summed E-state index contributed by atoms with van der Waals surface area (Å²) < 4.78 is 36.9. The van der Waals surface area contributed by atoms with E-state index < -0.39 is 12.1 Å². The Labute approximate surface area is 148 Å². The highest BCUT2D eigenvalue weighted by Crippen LogP contribution is 2.24. The van der Waals surface area contributed by atoms with Gasteiger partial charge in [-0.2, -0.15) is 13.2 Å². The molecule has 1 aliphatic rings. The van der Waals surface area contributed by atoms with Crippen LogP contribution in [0.4, 0.5) is 13.2 Å². The lowest BCUT2D eigenvalue weighted by Crippen LogP contribution is -2.36. The predicted octanol–water partition coefficient (Wildman–Crippen LogP) is 3.09. The fourth-order valence-electron chi connectivity index (χ4n) is 2.83. The molecule has 1 aromatic heterocycles. The number of carboxylic acid groups (broad SMARTS) is 1. The van der Waals surface area contributed by atoms with Gasteiger partial charge in [-0.25, -0.2) is 4.79 Å². The summed E-state index contributed by atoms with van der Waals surface area (Å²) in [5, 5.41) is 17.3. The maximum Gasteiger partial charge on any atom is 0.490 e. The number of hydrogen-bond acceptors (Lipinski definition) is 4. The third-order valence-electron chi connectivity index (χ3n) is 4.12. The molecule has 0 amide bonds. The molecule has 0 bridgehead atoms. The summed E-state index contributed by atoms with van der Waals surface area (Å²) in [5.41, 5.74) is 2.46. The second-order valence-corrected chi connectivity index (χ2v) is 6.02. The highest BCUT2D eigenvalue weighted by atomic mass is 19.4. The molecule has 26 heavy (non-hydrogen) atoms. The zero-order valence-corrected chi connectivity index (χ0v) is 13.9. The fourth-order valence-corrected chi connectivity index (χ4v) is 2.83. The molecule has 2 atom stereocenters. The number of nitrogens with zero attached hydrogens (tertiary/aromatic N) is 1. The van der Waals surface area contributed by atoms with Crippen LogP contribution in [0.25, 0.3) is 0 Å². The van der Waals surface area contributed by atoms with Crippen LogP contribution in [0.15, 0.2) is 53.3 Å². The lowest BCUT2D eigenvalue weighted by molar-refractivity contribution is -0.192. The van der Waals surface area contributed by atoms with E-state index >= 15 is 0 Å². The van der Waals surface area contributed by atoms with Crippen molar-refractivity contribution in [3.05, 3.63) is 60.1 Å². The molecule has 0 unspecified atom stereocenters. The number of alkyl halides is 3. The Hall–Kier alpha value is -2.32. The van der Waals surface area contributed by atoms with Gasteiger partial charge in [0.1, 0.15) is 0 Å². The van der Waals surface area contributed by atoms with Crippen molar-refractivity contribution in [2.75, 3.05) is 6.54 Å². The Kier molecular flexibility index (Phi) is 6.82. The highest BCUT2D eigenvalue weighted by molar-refractivity contribution is 5.73. The standard InChI is InChI=1S/C16H19NO2.C2HF3O2/c18-16-6-8-17(11-14-7-9-19-12-14)15(16)10-13-4-2-1-3-5-13;3-2(4,5)1(6)7/h1-5,7,9,12,15-16,18H,6,8,10-11H2;(H,6,7)/t15-,16-;/m0./s1. The van der Waals surface area contributed by atoms with E-state index in [1.165, 1.54) is 11.1 Å².